The van der Waals surface area contributed by atoms with E-state index in [4.69, 9.17) is 9.47 Å². The first-order chi connectivity index (χ1) is 12.7. The Kier molecular flexibility index (Phi) is 8.74. The standard InChI is InChI=1S/C23H30O3/c1-3-5-7-12-20(17-19-10-8-6-9-11-19)18-26-22-15-13-21(14-16-22)23(24)25-4-2/h6,8-11,13-16,20H,3-5,7,12,17-18H2,1-2H3/t20-/m0/s1. The first-order valence-electron chi connectivity index (χ1n) is 9.66. The van der Waals surface area contributed by atoms with Gasteiger partial charge in [-0.05, 0) is 55.5 Å². The maximum Gasteiger partial charge on any atom is 0.338 e. The summed E-state index contributed by atoms with van der Waals surface area (Å²) in [5.41, 5.74) is 1.92. The Hall–Kier alpha value is -2.29. The summed E-state index contributed by atoms with van der Waals surface area (Å²) in [6, 6.07) is 17.8. The van der Waals surface area contributed by atoms with E-state index in [1.165, 1.54) is 31.2 Å². The lowest BCUT2D eigenvalue weighted by Crippen LogP contribution is -2.15. The lowest BCUT2D eigenvalue weighted by molar-refractivity contribution is 0.0526. The van der Waals surface area contributed by atoms with Gasteiger partial charge in [0.2, 0.25) is 0 Å². The fraction of sp³-hybridized carbons (Fsp3) is 0.435. The van der Waals surface area contributed by atoms with Crippen LogP contribution in [0.3, 0.4) is 0 Å². The summed E-state index contributed by atoms with van der Waals surface area (Å²) in [6.45, 7) is 5.11. The van der Waals surface area contributed by atoms with Crippen molar-refractivity contribution in [1.29, 1.82) is 0 Å². The highest BCUT2D eigenvalue weighted by atomic mass is 16.5. The molecule has 26 heavy (non-hydrogen) atoms. The van der Waals surface area contributed by atoms with Gasteiger partial charge >= 0.3 is 5.97 Å². The summed E-state index contributed by atoms with van der Waals surface area (Å²) in [6.07, 6.45) is 5.93. The minimum absolute atomic E-state index is 0.291. The van der Waals surface area contributed by atoms with Gasteiger partial charge in [0.25, 0.3) is 0 Å². The van der Waals surface area contributed by atoms with Crippen LogP contribution in [-0.2, 0) is 11.2 Å². The second-order valence-electron chi connectivity index (χ2n) is 6.61. The Morgan fingerprint density at radius 3 is 2.35 bits per heavy atom. The van der Waals surface area contributed by atoms with Gasteiger partial charge in [0.15, 0.2) is 0 Å². The number of hydrogen-bond donors (Lipinski definition) is 0. The fourth-order valence-corrected chi connectivity index (χ4v) is 2.99. The number of rotatable bonds is 11. The number of unbranched alkanes of at least 4 members (excludes halogenated alkanes) is 2. The monoisotopic (exact) mass is 354 g/mol. The van der Waals surface area contributed by atoms with Gasteiger partial charge in [-0.15, -0.1) is 0 Å². The highest BCUT2D eigenvalue weighted by Crippen LogP contribution is 2.19. The van der Waals surface area contributed by atoms with Gasteiger partial charge in [0, 0.05) is 0 Å². The Balaban J connectivity index is 1.91. The molecular formula is C23H30O3. The van der Waals surface area contributed by atoms with E-state index < -0.39 is 0 Å². The molecule has 0 aliphatic heterocycles. The Morgan fingerprint density at radius 2 is 1.69 bits per heavy atom. The van der Waals surface area contributed by atoms with Crippen molar-refractivity contribution in [2.75, 3.05) is 13.2 Å². The highest BCUT2D eigenvalue weighted by molar-refractivity contribution is 5.89. The van der Waals surface area contributed by atoms with E-state index in [9.17, 15) is 4.79 Å². The maximum absolute atomic E-state index is 11.7. The molecule has 1 atom stereocenters. The molecule has 0 saturated heterocycles. The van der Waals surface area contributed by atoms with Crippen LogP contribution in [0, 0.1) is 5.92 Å². The fourth-order valence-electron chi connectivity index (χ4n) is 2.99. The zero-order valence-corrected chi connectivity index (χ0v) is 15.9. The normalized spacial score (nSPS) is 11.8. The predicted octanol–water partition coefficient (Wildman–Crippen LogP) is 5.68. The molecule has 0 aliphatic carbocycles. The molecule has 0 spiro atoms. The minimum Gasteiger partial charge on any atom is -0.493 e. The van der Waals surface area contributed by atoms with E-state index in [0.29, 0.717) is 24.7 Å². The van der Waals surface area contributed by atoms with Crippen molar-refractivity contribution in [3.63, 3.8) is 0 Å². The first-order valence-corrected chi connectivity index (χ1v) is 9.66. The van der Waals surface area contributed by atoms with Crippen LogP contribution in [-0.4, -0.2) is 19.2 Å². The minimum atomic E-state index is -0.291. The van der Waals surface area contributed by atoms with E-state index in [2.05, 4.69) is 37.3 Å². The third kappa shape index (κ3) is 6.91. The van der Waals surface area contributed by atoms with Crippen molar-refractivity contribution in [2.24, 2.45) is 5.92 Å². The van der Waals surface area contributed by atoms with Crippen molar-refractivity contribution in [3.05, 3.63) is 65.7 Å². The van der Waals surface area contributed by atoms with Crippen LogP contribution in [0.2, 0.25) is 0 Å². The molecule has 2 rings (SSSR count). The number of ether oxygens (including phenoxy) is 2. The molecule has 0 bridgehead atoms. The number of esters is 1. The van der Waals surface area contributed by atoms with E-state index in [0.717, 1.165) is 12.2 Å². The number of benzene rings is 2. The van der Waals surface area contributed by atoms with Crippen molar-refractivity contribution in [2.45, 2.75) is 46.0 Å². The zero-order chi connectivity index (χ0) is 18.6. The summed E-state index contributed by atoms with van der Waals surface area (Å²) in [5.74, 6) is 1.00. The number of carbonyl (C=O) groups is 1. The number of carbonyl (C=O) groups excluding carboxylic acids is 1. The van der Waals surface area contributed by atoms with Gasteiger partial charge < -0.3 is 9.47 Å². The van der Waals surface area contributed by atoms with Crippen LogP contribution >= 0.6 is 0 Å². The van der Waals surface area contributed by atoms with Gasteiger partial charge in [-0.1, -0.05) is 56.5 Å². The van der Waals surface area contributed by atoms with Crippen molar-refractivity contribution < 1.29 is 14.3 Å². The van der Waals surface area contributed by atoms with Crippen LogP contribution in [0.4, 0.5) is 0 Å². The molecule has 0 radical (unpaired) electrons. The molecule has 0 aromatic heterocycles. The van der Waals surface area contributed by atoms with Gasteiger partial charge in [-0.25, -0.2) is 4.79 Å². The molecule has 0 fully saturated rings. The van der Waals surface area contributed by atoms with Crippen molar-refractivity contribution in [3.8, 4) is 5.75 Å². The average molecular weight is 354 g/mol. The second kappa shape index (κ2) is 11.3. The molecule has 0 unspecified atom stereocenters. The van der Waals surface area contributed by atoms with Gasteiger partial charge in [-0.2, -0.15) is 0 Å². The molecule has 0 amide bonds. The Labute approximate surface area is 157 Å². The van der Waals surface area contributed by atoms with E-state index in [1.807, 2.05) is 12.1 Å². The van der Waals surface area contributed by atoms with E-state index in [1.54, 1.807) is 19.1 Å². The SMILES string of the molecule is CCCCC[C@H](COc1ccc(C(=O)OCC)cc1)Cc1ccccc1. The summed E-state index contributed by atoms with van der Waals surface area (Å²) in [4.78, 5) is 11.7. The summed E-state index contributed by atoms with van der Waals surface area (Å²) >= 11 is 0. The molecule has 2 aromatic rings. The van der Waals surface area contributed by atoms with Gasteiger partial charge in [-0.3, -0.25) is 0 Å². The molecular weight excluding hydrogens is 324 g/mol. The third-order valence-electron chi connectivity index (χ3n) is 4.43. The van der Waals surface area contributed by atoms with E-state index in [-0.39, 0.29) is 5.97 Å². The van der Waals surface area contributed by atoms with Crippen LogP contribution in [0.1, 0.15) is 55.5 Å². The quantitative estimate of drug-likeness (QED) is 0.384. The van der Waals surface area contributed by atoms with Crippen molar-refractivity contribution >= 4 is 5.97 Å². The molecule has 0 heterocycles. The molecule has 0 aliphatic rings. The first kappa shape index (κ1) is 20.0. The highest BCUT2D eigenvalue weighted by Gasteiger charge is 2.12. The molecule has 140 valence electrons. The summed E-state index contributed by atoms with van der Waals surface area (Å²) in [5, 5.41) is 0. The van der Waals surface area contributed by atoms with Crippen LogP contribution in [0.5, 0.6) is 5.75 Å². The number of hydrogen-bond acceptors (Lipinski definition) is 3. The van der Waals surface area contributed by atoms with Crippen molar-refractivity contribution in [1.82, 2.24) is 0 Å². The Bertz CT molecular complexity index is 634. The Morgan fingerprint density at radius 1 is 0.962 bits per heavy atom. The smallest absolute Gasteiger partial charge is 0.338 e. The lowest BCUT2D eigenvalue weighted by atomic mass is 9.94. The average Bonchev–Trinajstić information content (AvgIpc) is 2.67. The van der Waals surface area contributed by atoms with Crippen LogP contribution in [0.25, 0.3) is 0 Å². The van der Waals surface area contributed by atoms with Crippen LogP contribution < -0.4 is 4.74 Å². The van der Waals surface area contributed by atoms with Crippen LogP contribution in [0.15, 0.2) is 54.6 Å². The molecule has 3 heteroatoms. The largest absolute Gasteiger partial charge is 0.493 e. The summed E-state index contributed by atoms with van der Waals surface area (Å²) < 4.78 is 11.0. The molecule has 3 nitrogen and oxygen atoms in total. The molecule has 0 N–H and O–H groups in total. The maximum atomic E-state index is 11.7. The lowest BCUT2D eigenvalue weighted by Gasteiger charge is -2.18. The third-order valence-corrected chi connectivity index (χ3v) is 4.43. The zero-order valence-electron chi connectivity index (χ0n) is 15.9. The topological polar surface area (TPSA) is 35.5 Å². The summed E-state index contributed by atoms with van der Waals surface area (Å²) in [7, 11) is 0. The second-order valence-corrected chi connectivity index (χ2v) is 6.61. The van der Waals surface area contributed by atoms with E-state index >= 15 is 0 Å². The molecule has 0 saturated carbocycles. The molecule has 2 aromatic carbocycles. The van der Waals surface area contributed by atoms with Gasteiger partial charge in [0.05, 0.1) is 18.8 Å². The predicted molar refractivity (Wildman–Crippen MR) is 106 cm³/mol. The van der Waals surface area contributed by atoms with Gasteiger partial charge in [0.1, 0.15) is 5.75 Å².